The van der Waals surface area contributed by atoms with Crippen molar-refractivity contribution in [3.8, 4) is 5.75 Å². The largest absolute Gasteiger partial charge is 0.497 e. The van der Waals surface area contributed by atoms with Gasteiger partial charge in [-0.3, -0.25) is 14.2 Å². The van der Waals surface area contributed by atoms with E-state index in [1.807, 2.05) is 24.3 Å². The lowest BCUT2D eigenvalue weighted by Gasteiger charge is -2.18. The van der Waals surface area contributed by atoms with Crippen LogP contribution < -0.4 is 10.3 Å². The van der Waals surface area contributed by atoms with Gasteiger partial charge in [0, 0.05) is 18.5 Å². The standard InChI is InChI=1S/C21H23N3O3S/c1-23(11-14-6-5-7-15(10-14)27-2)18(25)12-24-13-22-20-19(21(24)26)16-8-3-4-9-17(16)28-20/h5-7,10,13H,3-4,8-9,11-12H2,1-2H3. The van der Waals surface area contributed by atoms with E-state index in [4.69, 9.17) is 4.74 Å². The quantitative estimate of drug-likeness (QED) is 0.664. The highest BCUT2D eigenvalue weighted by Gasteiger charge is 2.21. The van der Waals surface area contributed by atoms with Crippen molar-refractivity contribution in [1.29, 1.82) is 0 Å². The topological polar surface area (TPSA) is 64.4 Å². The summed E-state index contributed by atoms with van der Waals surface area (Å²) in [7, 11) is 3.36. The maximum Gasteiger partial charge on any atom is 0.262 e. The Morgan fingerprint density at radius 2 is 2.14 bits per heavy atom. The summed E-state index contributed by atoms with van der Waals surface area (Å²) in [6.45, 7) is 0.446. The van der Waals surface area contributed by atoms with E-state index in [9.17, 15) is 9.59 Å². The number of benzene rings is 1. The lowest BCUT2D eigenvalue weighted by atomic mass is 9.97. The van der Waals surface area contributed by atoms with Gasteiger partial charge in [0.2, 0.25) is 5.91 Å². The summed E-state index contributed by atoms with van der Waals surface area (Å²) in [6, 6.07) is 7.62. The zero-order chi connectivity index (χ0) is 19.7. The molecule has 2 aromatic heterocycles. The number of rotatable bonds is 5. The summed E-state index contributed by atoms with van der Waals surface area (Å²) < 4.78 is 6.67. The number of nitrogens with zero attached hydrogens (tertiary/aromatic N) is 3. The van der Waals surface area contributed by atoms with Crippen LogP contribution in [-0.4, -0.2) is 34.5 Å². The fourth-order valence-electron chi connectivity index (χ4n) is 3.69. The fourth-order valence-corrected chi connectivity index (χ4v) is 4.91. The molecule has 0 atom stereocenters. The van der Waals surface area contributed by atoms with E-state index in [1.54, 1.807) is 30.4 Å². The molecule has 3 aromatic rings. The summed E-state index contributed by atoms with van der Waals surface area (Å²) in [5.41, 5.74) is 2.02. The number of methoxy groups -OCH3 is 1. The number of amides is 1. The van der Waals surface area contributed by atoms with Gasteiger partial charge in [0.15, 0.2) is 0 Å². The number of aromatic nitrogens is 2. The maximum absolute atomic E-state index is 13.0. The van der Waals surface area contributed by atoms with E-state index in [1.165, 1.54) is 22.2 Å². The zero-order valence-corrected chi connectivity index (χ0v) is 16.9. The van der Waals surface area contributed by atoms with Crippen LogP contribution in [0.15, 0.2) is 35.4 Å². The second-order valence-corrected chi connectivity index (χ2v) is 8.25. The highest BCUT2D eigenvalue weighted by molar-refractivity contribution is 7.18. The Kier molecular flexibility index (Phi) is 5.17. The molecule has 0 N–H and O–H groups in total. The molecule has 0 bridgehead atoms. The minimum atomic E-state index is -0.129. The highest BCUT2D eigenvalue weighted by Crippen LogP contribution is 2.33. The van der Waals surface area contributed by atoms with Gasteiger partial charge in [-0.1, -0.05) is 12.1 Å². The molecule has 0 radical (unpaired) electrons. The molecule has 6 nitrogen and oxygen atoms in total. The Labute approximate surface area is 167 Å². The summed E-state index contributed by atoms with van der Waals surface area (Å²) in [4.78, 5) is 33.9. The predicted octanol–water partition coefficient (Wildman–Crippen LogP) is 3.00. The second kappa shape index (κ2) is 7.75. The van der Waals surface area contributed by atoms with Crippen molar-refractivity contribution < 1.29 is 9.53 Å². The molecule has 0 unspecified atom stereocenters. The third-order valence-electron chi connectivity index (χ3n) is 5.23. The van der Waals surface area contributed by atoms with E-state index in [2.05, 4.69) is 4.98 Å². The normalized spacial score (nSPS) is 13.4. The number of hydrogen-bond donors (Lipinski definition) is 0. The van der Waals surface area contributed by atoms with Gasteiger partial charge in [-0.2, -0.15) is 0 Å². The second-order valence-electron chi connectivity index (χ2n) is 7.17. The van der Waals surface area contributed by atoms with Crippen LogP contribution in [0.4, 0.5) is 0 Å². The van der Waals surface area contributed by atoms with Crippen molar-refractivity contribution in [3.63, 3.8) is 0 Å². The molecule has 0 saturated heterocycles. The molecule has 0 saturated carbocycles. The monoisotopic (exact) mass is 397 g/mol. The number of carbonyl (C=O) groups excluding carboxylic acids is 1. The van der Waals surface area contributed by atoms with Gasteiger partial charge in [0.1, 0.15) is 17.1 Å². The summed E-state index contributed by atoms with van der Waals surface area (Å²) in [5, 5.41) is 0.713. The molecule has 7 heteroatoms. The molecule has 1 amide bonds. The minimum Gasteiger partial charge on any atom is -0.497 e. The first-order valence-corrected chi connectivity index (χ1v) is 10.2. The van der Waals surface area contributed by atoms with Crippen LogP contribution in [0.1, 0.15) is 28.8 Å². The molecular weight excluding hydrogens is 374 g/mol. The predicted molar refractivity (Wildman–Crippen MR) is 110 cm³/mol. The molecule has 1 aromatic carbocycles. The molecule has 2 heterocycles. The van der Waals surface area contributed by atoms with E-state index in [0.29, 0.717) is 11.9 Å². The molecule has 0 aliphatic heterocycles. The van der Waals surface area contributed by atoms with Gasteiger partial charge in [0.25, 0.3) is 5.56 Å². The maximum atomic E-state index is 13.0. The SMILES string of the molecule is COc1cccc(CN(C)C(=O)Cn2cnc3sc4c(c3c2=O)CCCC4)c1. The van der Waals surface area contributed by atoms with Crippen molar-refractivity contribution in [1.82, 2.24) is 14.5 Å². The van der Waals surface area contributed by atoms with Crippen LogP contribution in [0.3, 0.4) is 0 Å². The average Bonchev–Trinajstić information content (AvgIpc) is 3.09. The Bertz CT molecular complexity index is 1090. The van der Waals surface area contributed by atoms with Crippen LogP contribution in [0.5, 0.6) is 5.75 Å². The first kappa shape index (κ1) is 18.7. The Morgan fingerprint density at radius 1 is 1.32 bits per heavy atom. The fraction of sp³-hybridized carbons (Fsp3) is 0.381. The minimum absolute atomic E-state index is 0.00708. The summed E-state index contributed by atoms with van der Waals surface area (Å²) in [6.07, 6.45) is 5.73. The van der Waals surface area contributed by atoms with Gasteiger partial charge >= 0.3 is 0 Å². The number of thiophene rings is 1. The van der Waals surface area contributed by atoms with Gasteiger partial charge in [-0.25, -0.2) is 4.98 Å². The number of fused-ring (bicyclic) bond motifs is 3. The number of likely N-dealkylation sites (N-methyl/N-ethyl adjacent to an activating group) is 1. The molecule has 4 rings (SSSR count). The van der Waals surface area contributed by atoms with Crippen LogP contribution in [0, 0.1) is 0 Å². The van der Waals surface area contributed by atoms with Crippen LogP contribution in [0.2, 0.25) is 0 Å². The first-order chi connectivity index (χ1) is 13.6. The van der Waals surface area contributed by atoms with Gasteiger partial charge in [0.05, 0.1) is 18.8 Å². The number of aryl methyl sites for hydroxylation is 2. The molecule has 0 spiro atoms. The number of hydrogen-bond acceptors (Lipinski definition) is 5. The van der Waals surface area contributed by atoms with Crippen molar-refractivity contribution in [2.45, 2.75) is 38.8 Å². The molecule has 1 aliphatic rings. The highest BCUT2D eigenvalue weighted by atomic mass is 32.1. The van der Waals surface area contributed by atoms with Crippen LogP contribution in [0.25, 0.3) is 10.2 Å². The van der Waals surface area contributed by atoms with E-state index in [-0.39, 0.29) is 18.0 Å². The molecule has 28 heavy (non-hydrogen) atoms. The van der Waals surface area contributed by atoms with Crippen molar-refractivity contribution in [3.05, 3.63) is 57.0 Å². The third-order valence-corrected chi connectivity index (χ3v) is 6.43. The number of ether oxygens (including phenoxy) is 1. The van der Waals surface area contributed by atoms with Crippen molar-refractivity contribution in [2.75, 3.05) is 14.2 Å². The van der Waals surface area contributed by atoms with E-state index in [0.717, 1.165) is 41.0 Å². The zero-order valence-electron chi connectivity index (χ0n) is 16.1. The summed E-state index contributed by atoms with van der Waals surface area (Å²) in [5.74, 6) is 0.626. The van der Waals surface area contributed by atoms with Crippen LogP contribution >= 0.6 is 11.3 Å². The van der Waals surface area contributed by atoms with Gasteiger partial charge in [-0.05, 0) is 48.9 Å². The lowest BCUT2D eigenvalue weighted by Crippen LogP contribution is -2.33. The van der Waals surface area contributed by atoms with E-state index < -0.39 is 0 Å². The first-order valence-electron chi connectivity index (χ1n) is 9.43. The smallest absolute Gasteiger partial charge is 0.262 e. The van der Waals surface area contributed by atoms with Crippen LogP contribution in [-0.2, 0) is 30.7 Å². The number of carbonyl (C=O) groups is 1. The Hall–Kier alpha value is -2.67. The average molecular weight is 398 g/mol. The molecule has 146 valence electrons. The molecule has 1 aliphatic carbocycles. The molecular formula is C21H23N3O3S. The molecule has 0 fully saturated rings. The lowest BCUT2D eigenvalue weighted by molar-refractivity contribution is -0.131. The third kappa shape index (κ3) is 3.54. The Morgan fingerprint density at radius 3 is 2.96 bits per heavy atom. The van der Waals surface area contributed by atoms with Gasteiger partial charge in [-0.15, -0.1) is 11.3 Å². The summed E-state index contributed by atoms with van der Waals surface area (Å²) >= 11 is 1.62. The van der Waals surface area contributed by atoms with Crippen molar-refractivity contribution >= 4 is 27.5 Å². The Balaban J connectivity index is 1.54. The van der Waals surface area contributed by atoms with Crippen molar-refractivity contribution in [2.24, 2.45) is 0 Å². The van der Waals surface area contributed by atoms with Gasteiger partial charge < -0.3 is 9.64 Å². The van der Waals surface area contributed by atoms with E-state index >= 15 is 0 Å².